The van der Waals surface area contributed by atoms with E-state index in [1.807, 2.05) is 30.0 Å². The van der Waals surface area contributed by atoms with Gasteiger partial charge >= 0.3 is 6.03 Å². The van der Waals surface area contributed by atoms with Gasteiger partial charge < -0.3 is 30.3 Å². The van der Waals surface area contributed by atoms with Crippen LogP contribution < -0.4 is 25.4 Å². The molecule has 0 radical (unpaired) electrons. The minimum atomic E-state index is -0.0766. The van der Waals surface area contributed by atoms with Crippen LogP contribution >= 0.6 is 0 Å². The van der Waals surface area contributed by atoms with Gasteiger partial charge in [0.2, 0.25) is 5.91 Å². The fraction of sp³-hybridized carbons (Fsp3) is 0.636. The predicted molar refractivity (Wildman–Crippen MR) is 116 cm³/mol. The normalized spacial score (nSPS) is 23.1. The monoisotopic (exact) mass is 418 g/mol. The Bertz CT molecular complexity index is 720. The van der Waals surface area contributed by atoms with Crippen molar-refractivity contribution in [1.29, 1.82) is 0 Å². The molecule has 0 bridgehead atoms. The van der Waals surface area contributed by atoms with Crippen molar-refractivity contribution >= 4 is 17.6 Å². The van der Waals surface area contributed by atoms with E-state index in [0.29, 0.717) is 6.42 Å². The standard InChI is InChI=1S/C22H34N4O4/c1-15-20(25-22(28)23-15)7-5-4-6-8-21(27)26-10-9-16(14-26)24-17-11-18(29-2)13-19(12-17)30-3/h11-13,15-16,20,24H,4-10,14H2,1-3H3,(H2,23,25,28)/t15-,16?,20+/m0/s1. The van der Waals surface area contributed by atoms with Crippen LogP contribution in [0, 0.1) is 0 Å². The summed E-state index contributed by atoms with van der Waals surface area (Å²) in [6.07, 6.45) is 5.38. The van der Waals surface area contributed by atoms with Gasteiger partial charge in [0, 0.05) is 55.5 Å². The Labute approximate surface area is 178 Å². The molecule has 166 valence electrons. The van der Waals surface area contributed by atoms with Gasteiger partial charge in [-0.2, -0.15) is 0 Å². The van der Waals surface area contributed by atoms with Crippen molar-refractivity contribution in [2.75, 3.05) is 32.6 Å². The number of rotatable bonds is 10. The lowest BCUT2D eigenvalue weighted by Crippen LogP contribution is -2.31. The molecule has 8 heteroatoms. The van der Waals surface area contributed by atoms with Crippen molar-refractivity contribution in [1.82, 2.24) is 15.5 Å². The number of carbonyl (C=O) groups excluding carboxylic acids is 2. The van der Waals surface area contributed by atoms with Crippen molar-refractivity contribution < 1.29 is 19.1 Å². The third-order valence-corrected chi connectivity index (χ3v) is 5.95. The van der Waals surface area contributed by atoms with Crippen LogP contribution in [0.25, 0.3) is 0 Å². The molecule has 0 aliphatic carbocycles. The highest BCUT2D eigenvalue weighted by atomic mass is 16.5. The summed E-state index contributed by atoms with van der Waals surface area (Å²) < 4.78 is 10.6. The molecular weight excluding hydrogens is 384 g/mol. The summed E-state index contributed by atoms with van der Waals surface area (Å²) in [4.78, 5) is 25.8. The predicted octanol–water partition coefficient (Wildman–Crippen LogP) is 2.74. The van der Waals surface area contributed by atoms with Crippen LogP contribution in [-0.2, 0) is 4.79 Å². The molecule has 1 aromatic carbocycles. The van der Waals surface area contributed by atoms with Gasteiger partial charge in [-0.25, -0.2) is 4.79 Å². The van der Waals surface area contributed by atoms with Gasteiger partial charge in [-0.1, -0.05) is 12.8 Å². The number of unbranched alkanes of at least 4 members (excludes halogenated alkanes) is 2. The molecule has 2 fully saturated rings. The molecule has 3 N–H and O–H groups in total. The topological polar surface area (TPSA) is 91.9 Å². The van der Waals surface area contributed by atoms with Gasteiger partial charge in [0.15, 0.2) is 0 Å². The second kappa shape index (κ2) is 10.4. The van der Waals surface area contributed by atoms with E-state index in [9.17, 15) is 9.59 Å². The quantitative estimate of drug-likeness (QED) is 0.508. The van der Waals surface area contributed by atoms with Gasteiger partial charge in [0.1, 0.15) is 11.5 Å². The van der Waals surface area contributed by atoms with Crippen LogP contribution in [0.4, 0.5) is 10.5 Å². The first-order chi connectivity index (χ1) is 14.5. The van der Waals surface area contributed by atoms with Crippen molar-refractivity contribution in [3.05, 3.63) is 18.2 Å². The third kappa shape index (κ3) is 5.93. The number of benzene rings is 1. The fourth-order valence-corrected chi connectivity index (χ4v) is 4.17. The molecule has 2 saturated heterocycles. The number of amides is 3. The Morgan fingerprint density at radius 1 is 1.13 bits per heavy atom. The highest BCUT2D eigenvalue weighted by Gasteiger charge is 2.28. The zero-order chi connectivity index (χ0) is 21.5. The fourth-order valence-electron chi connectivity index (χ4n) is 4.17. The van der Waals surface area contributed by atoms with Crippen LogP contribution in [0.3, 0.4) is 0 Å². The van der Waals surface area contributed by atoms with Crippen LogP contribution in [0.2, 0.25) is 0 Å². The molecule has 2 heterocycles. The summed E-state index contributed by atoms with van der Waals surface area (Å²) in [5, 5.41) is 9.30. The Morgan fingerprint density at radius 2 is 1.87 bits per heavy atom. The molecule has 3 atom stereocenters. The Kier molecular flexibility index (Phi) is 7.65. The number of hydrogen-bond donors (Lipinski definition) is 3. The second-order valence-corrected chi connectivity index (χ2v) is 8.18. The van der Waals surface area contributed by atoms with Gasteiger partial charge in [-0.05, 0) is 26.2 Å². The highest BCUT2D eigenvalue weighted by Crippen LogP contribution is 2.27. The number of anilines is 1. The zero-order valence-corrected chi connectivity index (χ0v) is 18.2. The Hall–Kier alpha value is -2.64. The summed E-state index contributed by atoms with van der Waals surface area (Å²) in [6, 6.07) is 6.25. The van der Waals surface area contributed by atoms with Crippen molar-refractivity contribution in [2.24, 2.45) is 0 Å². The van der Waals surface area contributed by atoms with Gasteiger partial charge in [-0.15, -0.1) is 0 Å². The van der Waals surface area contributed by atoms with Crippen LogP contribution in [0.5, 0.6) is 11.5 Å². The van der Waals surface area contributed by atoms with Gasteiger partial charge in [0.25, 0.3) is 0 Å². The van der Waals surface area contributed by atoms with E-state index in [-0.39, 0.29) is 30.1 Å². The highest BCUT2D eigenvalue weighted by molar-refractivity contribution is 5.77. The molecule has 30 heavy (non-hydrogen) atoms. The van der Waals surface area contributed by atoms with E-state index < -0.39 is 0 Å². The van der Waals surface area contributed by atoms with Gasteiger partial charge in [0.05, 0.1) is 20.3 Å². The maximum absolute atomic E-state index is 12.5. The third-order valence-electron chi connectivity index (χ3n) is 5.95. The first-order valence-corrected chi connectivity index (χ1v) is 10.8. The smallest absolute Gasteiger partial charge is 0.315 e. The number of likely N-dealkylation sites (tertiary alicyclic amines) is 1. The molecule has 8 nitrogen and oxygen atoms in total. The SMILES string of the molecule is COc1cc(NC2CCN(C(=O)CCCCC[C@H]3NC(=O)N[C@H]3C)C2)cc(OC)c1. The number of nitrogens with one attached hydrogen (secondary N) is 3. The number of urea groups is 1. The summed E-state index contributed by atoms with van der Waals surface area (Å²) in [5.74, 6) is 1.71. The number of methoxy groups -OCH3 is 2. The minimum Gasteiger partial charge on any atom is -0.497 e. The van der Waals surface area contributed by atoms with Crippen LogP contribution in [0.1, 0.15) is 45.4 Å². The van der Waals surface area contributed by atoms with Crippen molar-refractivity contribution in [3.63, 3.8) is 0 Å². The Morgan fingerprint density at radius 3 is 2.50 bits per heavy atom. The first kappa shape index (κ1) is 22.1. The van der Waals surface area contributed by atoms with E-state index in [1.165, 1.54) is 0 Å². The molecule has 3 rings (SSSR count). The summed E-state index contributed by atoms with van der Waals surface area (Å²) in [5.41, 5.74) is 0.938. The Balaban J connectivity index is 1.36. The maximum Gasteiger partial charge on any atom is 0.315 e. The maximum atomic E-state index is 12.5. The lowest BCUT2D eigenvalue weighted by Gasteiger charge is -2.18. The summed E-state index contributed by atoms with van der Waals surface area (Å²) in [7, 11) is 3.27. The molecule has 1 unspecified atom stereocenters. The average molecular weight is 419 g/mol. The summed E-state index contributed by atoms with van der Waals surface area (Å²) in [6.45, 7) is 3.52. The van der Waals surface area contributed by atoms with Gasteiger partial charge in [-0.3, -0.25) is 4.79 Å². The molecule has 0 spiro atoms. The largest absolute Gasteiger partial charge is 0.497 e. The van der Waals surface area contributed by atoms with Crippen LogP contribution in [0.15, 0.2) is 18.2 Å². The van der Waals surface area contributed by atoms with Crippen LogP contribution in [-0.4, -0.2) is 62.3 Å². The number of hydrogen-bond acceptors (Lipinski definition) is 5. The molecule has 3 amide bonds. The van der Waals surface area contributed by atoms with E-state index in [4.69, 9.17) is 9.47 Å². The zero-order valence-electron chi connectivity index (χ0n) is 18.2. The molecule has 0 aromatic heterocycles. The van der Waals surface area contributed by atoms with Crippen molar-refractivity contribution in [2.45, 2.75) is 63.6 Å². The molecule has 2 aliphatic heterocycles. The molecule has 0 saturated carbocycles. The van der Waals surface area contributed by atoms with E-state index in [1.54, 1.807) is 14.2 Å². The number of nitrogens with zero attached hydrogens (tertiary/aromatic N) is 1. The van der Waals surface area contributed by atoms with E-state index in [0.717, 1.165) is 62.4 Å². The number of ether oxygens (including phenoxy) is 2. The first-order valence-electron chi connectivity index (χ1n) is 10.8. The average Bonchev–Trinajstić information content (AvgIpc) is 3.33. The minimum absolute atomic E-state index is 0.0766. The summed E-state index contributed by atoms with van der Waals surface area (Å²) >= 11 is 0. The second-order valence-electron chi connectivity index (χ2n) is 8.18. The van der Waals surface area contributed by atoms with E-state index >= 15 is 0 Å². The lowest BCUT2D eigenvalue weighted by atomic mass is 10.0. The van der Waals surface area contributed by atoms with Crippen molar-refractivity contribution in [3.8, 4) is 11.5 Å². The molecule has 2 aliphatic rings. The lowest BCUT2D eigenvalue weighted by molar-refractivity contribution is -0.130. The number of carbonyl (C=O) groups is 2. The molecular formula is C22H34N4O4. The van der Waals surface area contributed by atoms with E-state index in [2.05, 4.69) is 16.0 Å². The molecule has 1 aromatic rings.